The molecule has 114 valence electrons. The van der Waals surface area contributed by atoms with Crippen molar-refractivity contribution in [2.24, 2.45) is 5.92 Å². The quantitative estimate of drug-likeness (QED) is 0.656. The molecule has 2 amide bonds. The van der Waals surface area contributed by atoms with Crippen molar-refractivity contribution in [2.45, 2.75) is 37.8 Å². The van der Waals surface area contributed by atoms with Gasteiger partial charge in [0.2, 0.25) is 11.8 Å². The van der Waals surface area contributed by atoms with Crippen LogP contribution in [0.15, 0.2) is 0 Å². The zero-order valence-electron chi connectivity index (χ0n) is 12.3. The summed E-state index contributed by atoms with van der Waals surface area (Å²) >= 11 is 0. The van der Waals surface area contributed by atoms with Gasteiger partial charge in [0.15, 0.2) is 0 Å². The van der Waals surface area contributed by atoms with Gasteiger partial charge in [0.25, 0.3) is 0 Å². The summed E-state index contributed by atoms with van der Waals surface area (Å²) < 4.78 is 0. The average molecular weight is 283 g/mol. The summed E-state index contributed by atoms with van der Waals surface area (Å²) in [5.41, 5.74) is 0. The number of nitrogens with one attached hydrogen (secondary N) is 1. The van der Waals surface area contributed by atoms with E-state index in [9.17, 15) is 14.7 Å². The topological polar surface area (TPSA) is 72.9 Å². The molecule has 2 N–H and O–H groups in total. The Labute approximate surface area is 120 Å². The van der Waals surface area contributed by atoms with Gasteiger partial charge < -0.3 is 15.3 Å². The lowest BCUT2D eigenvalue weighted by molar-refractivity contribution is -0.135. The van der Waals surface area contributed by atoms with Crippen molar-refractivity contribution in [1.29, 1.82) is 0 Å². The van der Waals surface area contributed by atoms with Crippen LogP contribution >= 0.6 is 0 Å². The van der Waals surface area contributed by atoms with Gasteiger partial charge in [-0.3, -0.25) is 14.5 Å². The summed E-state index contributed by atoms with van der Waals surface area (Å²) in [6, 6.07) is 0.332. The summed E-state index contributed by atoms with van der Waals surface area (Å²) in [5, 5.41) is 12.1. The number of amides is 2. The molecule has 0 heterocycles. The minimum Gasteiger partial charge on any atom is -0.393 e. The molecule has 6 heteroatoms. The molecule has 2 rings (SSSR count). The van der Waals surface area contributed by atoms with Crippen LogP contribution in [-0.4, -0.2) is 72.6 Å². The van der Waals surface area contributed by atoms with Gasteiger partial charge in [-0.15, -0.1) is 0 Å². The number of hydrogen-bond donors (Lipinski definition) is 2. The second-order valence-corrected chi connectivity index (χ2v) is 6.28. The lowest BCUT2D eigenvalue weighted by atomic mass is 9.82. The van der Waals surface area contributed by atoms with Crippen molar-refractivity contribution in [3.8, 4) is 0 Å². The van der Waals surface area contributed by atoms with Crippen LogP contribution in [0.5, 0.6) is 0 Å². The first-order valence-corrected chi connectivity index (χ1v) is 7.34. The molecule has 0 aromatic carbocycles. The molecule has 2 fully saturated rings. The molecular weight excluding hydrogens is 258 g/mol. The Morgan fingerprint density at radius 1 is 1.20 bits per heavy atom. The third-order valence-electron chi connectivity index (χ3n) is 3.93. The van der Waals surface area contributed by atoms with Crippen LogP contribution in [0.1, 0.15) is 25.7 Å². The molecule has 0 bridgehead atoms. The van der Waals surface area contributed by atoms with E-state index in [4.69, 9.17) is 0 Å². The van der Waals surface area contributed by atoms with E-state index in [0.717, 1.165) is 32.2 Å². The minimum atomic E-state index is -0.155. The van der Waals surface area contributed by atoms with Crippen LogP contribution in [-0.2, 0) is 9.59 Å². The van der Waals surface area contributed by atoms with Crippen LogP contribution in [0, 0.1) is 5.92 Å². The normalized spacial score (nSPS) is 25.2. The molecule has 0 aromatic heterocycles. The molecule has 2 aliphatic carbocycles. The Balaban J connectivity index is 1.63. The molecule has 0 atom stereocenters. The zero-order chi connectivity index (χ0) is 14.7. The highest BCUT2D eigenvalue weighted by Crippen LogP contribution is 2.27. The second-order valence-electron chi connectivity index (χ2n) is 6.28. The molecule has 20 heavy (non-hydrogen) atoms. The molecule has 0 spiro atoms. The predicted molar refractivity (Wildman–Crippen MR) is 75.0 cm³/mol. The minimum absolute atomic E-state index is 0.0432. The molecule has 0 saturated heterocycles. The number of rotatable bonds is 7. The third kappa shape index (κ3) is 4.76. The Kier molecular flexibility index (Phi) is 4.99. The van der Waals surface area contributed by atoms with E-state index in [1.54, 1.807) is 7.05 Å². The average Bonchev–Trinajstić information content (AvgIpc) is 3.10. The van der Waals surface area contributed by atoms with Crippen molar-refractivity contribution in [2.75, 3.05) is 33.7 Å². The summed E-state index contributed by atoms with van der Waals surface area (Å²) in [5.74, 6) is 0.373. The van der Waals surface area contributed by atoms with Crippen LogP contribution in [0.3, 0.4) is 0 Å². The van der Waals surface area contributed by atoms with E-state index in [1.165, 1.54) is 4.90 Å². The van der Waals surface area contributed by atoms with E-state index < -0.39 is 0 Å². The Hall–Kier alpha value is -1.14. The maximum Gasteiger partial charge on any atom is 0.239 e. The molecular formula is C14H25N3O3. The lowest BCUT2D eigenvalue weighted by Crippen LogP contribution is -2.45. The van der Waals surface area contributed by atoms with Crippen molar-refractivity contribution in [3.63, 3.8) is 0 Å². The van der Waals surface area contributed by atoms with Gasteiger partial charge >= 0.3 is 0 Å². The van der Waals surface area contributed by atoms with Crippen molar-refractivity contribution < 1.29 is 14.7 Å². The van der Waals surface area contributed by atoms with Crippen LogP contribution in [0.2, 0.25) is 0 Å². The molecule has 2 aliphatic rings. The first kappa shape index (κ1) is 15.3. The standard InChI is InChI=1S/C14H25N3O3/c1-16(7-10-5-12(18)6-10)9-14(20)17(2)8-13(19)15-11-3-4-11/h10-12,18H,3-9H2,1-2H3,(H,15,19). The van der Waals surface area contributed by atoms with E-state index >= 15 is 0 Å². The Bertz CT molecular complexity index is 365. The number of carbonyl (C=O) groups excluding carboxylic acids is 2. The lowest BCUT2D eigenvalue weighted by Gasteiger charge is -2.34. The van der Waals surface area contributed by atoms with Gasteiger partial charge in [-0.25, -0.2) is 0 Å². The van der Waals surface area contributed by atoms with Crippen LogP contribution in [0.25, 0.3) is 0 Å². The maximum absolute atomic E-state index is 12.0. The van der Waals surface area contributed by atoms with E-state index in [1.807, 2.05) is 11.9 Å². The van der Waals surface area contributed by atoms with E-state index in [-0.39, 0.29) is 24.5 Å². The SMILES string of the molecule is CN(CC(=O)N(C)CC(=O)NC1CC1)CC1CC(O)C1. The van der Waals surface area contributed by atoms with Gasteiger partial charge in [0.1, 0.15) is 0 Å². The fourth-order valence-electron chi connectivity index (χ4n) is 2.51. The maximum atomic E-state index is 12.0. The fourth-order valence-corrected chi connectivity index (χ4v) is 2.51. The molecule has 2 saturated carbocycles. The Morgan fingerprint density at radius 2 is 1.85 bits per heavy atom. The van der Waals surface area contributed by atoms with Gasteiger partial charge in [-0.1, -0.05) is 0 Å². The first-order valence-electron chi connectivity index (χ1n) is 7.34. The molecule has 0 radical (unpaired) electrons. The van der Waals surface area contributed by atoms with Gasteiger partial charge in [-0.2, -0.15) is 0 Å². The molecule has 0 aliphatic heterocycles. The monoisotopic (exact) mass is 283 g/mol. The highest BCUT2D eigenvalue weighted by atomic mass is 16.3. The Morgan fingerprint density at radius 3 is 2.40 bits per heavy atom. The molecule has 0 unspecified atom stereocenters. The smallest absolute Gasteiger partial charge is 0.239 e. The van der Waals surface area contributed by atoms with Crippen LogP contribution in [0.4, 0.5) is 0 Å². The summed E-state index contributed by atoms with van der Waals surface area (Å²) in [4.78, 5) is 27.1. The predicted octanol–water partition coefficient (Wildman–Crippen LogP) is -0.574. The zero-order valence-corrected chi connectivity index (χ0v) is 12.3. The highest BCUT2D eigenvalue weighted by molar-refractivity contribution is 5.85. The van der Waals surface area contributed by atoms with Gasteiger partial charge in [0, 0.05) is 19.6 Å². The summed E-state index contributed by atoms with van der Waals surface area (Å²) in [6.45, 7) is 1.27. The summed E-state index contributed by atoms with van der Waals surface area (Å²) in [6.07, 6.45) is 3.62. The van der Waals surface area contributed by atoms with Crippen molar-refractivity contribution >= 4 is 11.8 Å². The fraction of sp³-hybridized carbons (Fsp3) is 0.857. The third-order valence-corrected chi connectivity index (χ3v) is 3.93. The van der Waals surface area contributed by atoms with Crippen molar-refractivity contribution in [1.82, 2.24) is 15.1 Å². The number of carbonyl (C=O) groups is 2. The van der Waals surface area contributed by atoms with Gasteiger partial charge in [0.05, 0.1) is 19.2 Å². The van der Waals surface area contributed by atoms with Crippen LogP contribution < -0.4 is 5.32 Å². The van der Waals surface area contributed by atoms with E-state index in [0.29, 0.717) is 18.5 Å². The summed E-state index contributed by atoms with van der Waals surface area (Å²) in [7, 11) is 3.57. The number of aliphatic hydroxyl groups excluding tert-OH is 1. The van der Waals surface area contributed by atoms with Gasteiger partial charge in [-0.05, 0) is 38.6 Å². The molecule has 6 nitrogen and oxygen atoms in total. The number of likely N-dealkylation sites (N-methyl/N-ethyl adjacent to an activating group) is 2. The second kappa shape index (κ2) is 6.54. The largest absolute Gasteiger partial charge is 0.393 e. The number of hydrogen-bond acceptors (Lipinski definition) is 4. The number of nitrogens with zero attached hydrogens (tertiary/aromatic N) is 2. The van der Waals surface area contributed by atoms with E-state index in [2.05, 4.69) is 5.32 Å². The van der Waals surface area contributed by atoms with Crippen molar-refractivity contribution in [3.05, 3.63) is 0 Å². The highest BCUT2D eigenvalue weighted by Gasteiger charge is 2.29. The number of aliphatic hydroxyl groups is 1. The molecule has 0 aromatic rings. The first-order chi connectivity index (χ1) is 9.44.